The van der Waals surface area contributed by atoms with E-state index in [0.29, 0.717) is 21.5 Å². The van der Waals surface area contributed by atoms with Crippen molar-refractivity contribution in [2.24, 2.45) is 0 Å². The van der Waals surface area contributed by atoms with Crippen LogP contribution in [0, 0.1) is 0 Å². The van der Waals surface area contributed by atoms with Gasteiger partial charge in [0, 0.05) is 5.57 Å². The molecular weight excluding hydrogens is 461 g/mol. The highest BCUT2D eigenvalue weighted by Crippen LogP contribution is 2.38. The number of anilines is 1. The van der Waals surface area contributed by atoms with Crippen LogP contribution in [-0.4, -0.2) is 59.3 Å². The molecule has 5 atom stereocenters. The van der Waals surface area contributed by atoms with Crippen LogP contribution in [-0.2, 0) is 9.53 Å². The minimum atomic E-state index is -1.44. The van der Waals surface area contributed by atoms with E-state index in [4.69, 9.17) is 27.9 Å². The summed E-state index contributed by atoms with van der Waals surface area (Å²) >= 11 is 11.9. The maximum atomic E-state index is 12.0. The largest absolute Gasteiger partial charge is 0.387 e. The van der Waals surface area contributed by atoms with Gasteiger partial charge in [-0.1, -0.05) is 35.8 Å². The molecule has 1 amide bonds. The number of rotatable bonds is 5. The lowest BCUT2D eigenvalue weighted by Crippen LogP contribution is -2.35. The summed E-state index contributed by atoms with van der Waals surface area (Å²) in [6, 6.07) is 4.51. The van der Waals surface area contributed by atoms with Crippen molar-refractivity contribution in [1.82, 2.24) is 19.7 Å². The van der Waals surface area contributed by atoms with E-state index in [-0.39, 0.29) is 16.5 Å². The zero-order valence-electron chi connectivity index (χ0n) is 16.7. The van der Waals surface area contributed by atoms with Crippen molar-refractivity contribution in [2.45, 2.75) is 37.6 Å². The normalized spacial score (nSPS) is 23.9. The van der Waals surface area contributed by atoms with Crippen LogP contribution < -0.4 is 5.32 Å². The van der Waals surface area contributed by atoms with Crippen molar-refractivity contribution in [1.29, 1.82) is 0 Å². The molecule has 4 N–H and O–H groups in total. The van der Waals surface area contributed by atoms with Crippen LogP contribution in [0.15, 0.2) is 42.9 Å². The van der Waals surface area contributed by atoms with Crippen LogP contribution in [0.1, 0.15) is 24.8 Å². The molecule has 168 valence electrons. The molecule has 1 saturated heterocycles. The molecule has 1 aromatic carbocycles. The molecule has 3 heterocycles. The Kier molecular flexibility index (Phi) is 6.17. The Bertz CT molecular complexity index is 1200. The molecule has 12 heteroatoms. The topological polar surface area (TPSA) is 143 Å². The van der Waals surface area contributed by atoms with Gasteiger partial charge in [-0.3, -0.25) is 4.79 Å². The molecule has 1 aliphatic rings. The molecule has 0 saturated carbocycles. The smallest absolute Gasteiger partial charge is 0.251 e. The van der Waals surface area contributed by atoms with Crippen LogP contribution in [0.5, 0.6) is 0 Å². The Hall–Kier alpha value is -2.60. The maximum Gasteiger partial charge on any atom is 0.251 e. The number of hydrogen-bond acceptors (Lipinski definition) is 8. The van der Waals surface area contributed by atoms with Crippen molar-refractivity contribution in [3.05, 3.63) is 58.5 Å². The fourth-order valence-electron chi connectivity index (χ4n) is 3.40. The molecular formula is C20H19Cl2N5O5. The third-order valence-electron chi connectivity index (χ3n) is 5.12. The van der Waals surface area contributed by atoms with Gasteiger partial charge in [0.25, 0.3) is 5.91 Å². The summed E-state index contributed by atoms with van der Waals surface area (Å²) in [6.07, 6.45) is -3.90. The van der Waals surface area contributed by atoms with Gasteiger partial charge in [-0.2, -0.15) is 5.10 Å². The quantitative estimate of drug-likeness (QED) is 0.406. The van der Waals surface area contributed by atoms with E-state index in [1.54, 1.807) is 13.0 Å². The van der Waals surface area contributed by atoms with Crippen molar-refractivity contribution in [2.75, 3.05) is 5.32 Å². The average Bonchev–Trinajstić information content (AvgIpc) is 3.31. The highest BCUT2D eigenvalue weighted by atomic mass is 35.5. The Morgan fingerprint density at radius 3 is 2.69 bits per heavy atom. The van der Waals surface area contributed by atoms with Gasteiger partial charge < -0.3 is 25.4 Å². The van der Waals surface area contributed by atoms with Crippen molar-refractivity contribution < 1.29 is 24.9 Å². The number of nitrogens with zero attached hydrogens (tertiary/aromatic N) is 4. The van der Waals surface area contributed by atoms with Crippen molar-refractivity contribution >= 4 is 46.0 Å². The Balaban J connectivity index is 1.63. The number of aliphatic hydroxyl groups excluding tert-OH is 3. The average molecular weight is 480 g/mol. The van der Waals surface area contributed by atoms with Gasteiger partial charge in [-0.15, -0.1) is 0 Å². The second-order valence-electron chi connectivity index (χ2n) is 7.37. The lowest BCUT2D eigenvalue weighted by molar-refractivity contribution is -0.112. The number of hydrogen-bond donors (Lipinski definition) is 4. The summed E-state index contributed by atoms with van der Waals surface area (Å²) < 4.78 is 7.05. The van der Waals surface area contributed by atoms with Crippen LogP contribution in [0.3, 0.4) is 0 Å². The van der Waals surface area contributed by atoms with E-state index < -0.39 is 36.6 Å². The van der Waals surface area contributed by atoms with E-state index in [1.807, 2.05) is 0 Å². The second-order valence-corrected chi connectivity index (χ2v) is 8.19. The second kappa shape index (κ2) is 8.74. The van der Waals surface area contributed by atoms with Gasteiger partial charge in [-0.25, -0.2) is 14.6 Å². The van der Waals surface area contributed by atoms with Gasteiger partial charge in [0.2, 0.25) is 0 Å². The number of carbonyl (C=O) groups is 1. The number of aromatic nitrogens is 4. The molecule has 1 fully saturated rings. The van der Waals surface area contributed by atoms with Gasteiger partial charge >= 0.3 is 0 Å². The van der Waals surface area contributed by atoms with Crippen LogP contribution >= 0.6 is 23.2 Å². The summed E-state index contributed by atoms with van der Waals surface area (Å²) in [6.45, 7) is 5.14. The van der Waals surface area contributed by atoms with E-state index in [0.717, 1.165) is 0 Å². The van der Waals surface area contributed by atoms with Crippen molar-refractivity contribution in [3.63, 3.8) is 0 Å². The third-order valence-corrected chi connectivity index (χ3v) is 5.86. The first-order chi connectivity index (χ1) is 15.2. The number of nitrogens with one attached hydrogen (secondary N) is 1. The minimum absolute atomic E-state index is 0.203. The third kappa shape index (κ3) is 3.96. The minimum Gasteiger partial charge on any atom is -0.387 e. The molecule has 1 unspecified atom stereocenters. The van der Waals surface area contributed by atoms with Gasteiger partial charge in [0.15, 0.2) is 11.9 Å². The summed E-state index contributed by atoms with van der Waals surface area (Å²) in [5.41, 5.74) is 0.896. The maximum absolute atomic E-state index is 12.0. The zero-order valence-corrected chi connectivity index (χ0v) is 18.2. The van der Waals surface area contributed by atoms with E-state index in [1.165, 1.54) is 29.3 Å². The van der Waals surface area contributed by atoms with E-state index in [2.05, 4.69) is 27.0 Å². The molecule has 4 rings (SSSR count). The molecule has 2 aromatic heterocycles. The summed E-state index contributed by atoms with van der Waals surface area (Å²) in [7, 11) is 0. The number of aliphatic hydroxyl groups is 3. The zero-order chi connectivity index (χ0) is 23.2. The first kappa shape index (κ1) is 22.6. The number of amides is 1. The van der Waals surface area contributed by atoms with E-state index in [9.17, 15) is 20.1 Å². The lowest BCUT2D eigenvalue weighted by Gasteiger charge is -2.21. The number of benzene rings is 1. The van der Waals surface area contributed by atoms with Crippen LogP contribution in [0.4, 0.5) is 5.82 Å². The fourth-order valence-corrected chi connectivity index (χ4v) is 3.70. The predicted octanol–water partition coefficient (Wildman–Crippen LogP) is 2.00. The summed E-state index contributed by atoms with van der Waals surface area (Å²) in [5, 5.41) is 39.6. The first-order valence-electron chi connectivity index (χ1n) is 9.48. The fraction of sp³-hybridized carbons (Fsp3) is 0.300. The van der Waals surface area contributed by atoms with Gasteiger partial charge in [0.1, 0.15) is 36.6 Å². The van der Waals surface area contributed by atoms with Gasteiger partial charge in [0.05, 0.1) is 21.6 Å². The van der Waals surface area contributed by atoms with Crippen molar-refractivity contribution in [3.8, 4) is 0 Å². The standard InChI is InChI=1S/C20H19Cl2N5O5/c1-8(2)19(31)26-17-10-6-25-27(18(10)24-7-23-17)20-15(30)14(29)16(32-20)13(28)9-3-4-11(21)12(22)5-9/h3-7,13-16,20,28-30H,1H2,2H3,(H,23,24,26,31)/t13?,14-,15+,16+,20+/m0/s1. The van der Waals surface area contributed by atoms with E-state index >= 15 is 0 Å². The molecule has 0 radical (unpaired) electrons. The van der Waals surface area contributed by atoms with Crippen LogP contribution in [0.25, 0.3) is 11.0 Å². The molecule has 10 nitrogen and oxygen atoms in total. The number of halogens is 2. The molecule has 1 aliphatic heterocycles. The molecule has 3 aromatic rings. The number of ether oxygens (including phenoxy) is 1. The van der Waals surface area contributed by atoms with Crippen LogP contribution in [0.2, 0.25) is 10.0 Å². The highest BCUT2D eigenvalue weighted by Gasteiger charge is 2.48. The predicted molar refractivity (Wildman–Crippen MR) is 116 cm³/mol. The Labute approximate surface area is 192 Å². The Morgan fingerprint density at radius 2 is 2.00 bits per heavy atom. The Morgan fingerprint density at radius 1 is 1.25 bits per heavy atom. The molecule has 0 aliphatic carbocycles. The summed E-state index contributed by atoms with van der Waals surface area (Å²) in [5.74, 6) is -0.218. The molecule has 0 bridgehead atoms. The lowest BCUT2D eigenvalue weighted by atomic mass is 9.99. The monoisotopic (exact) mass is 479 g/mol. The SMILES string of the molecule is C=C(C)C(=O)Nc1ncnc2c1cnn2[C@@H]1O[C@H](C(O)c2ccc(Cl)c(Cl)c2)[C@@H](O)[C@H]1O. The molecule has 32 heavy (non-hydrogen) atoms. The molecule has 0 spiro atoms. The highest BCUT2D eigenvalue weighted by molar-refractivity contribution is 6.42. The number of fused-ring (bicyclic) bond motifs is 1. The number of carbonyl (C=O) groups excluding carboxylic acids is 1. The first-order valence-corrected chi connectivity index (χ1v) is 10.2. The summed E-state index contributed by atoms with van der Waals surface area (Å²) in [4.78, 5) is 20.2. The van der Waals surface area contributed by atoms with Gasteiger partial charge in [-0.05, 0) is 24.6 Å².